The van der Waals surface area contributed by atoms with Crippen LogP contribution in [0.25, 0.3) is 0 Å². The Kier molecular flexibility index (Phi) is 3.12. The van der Waals surface area contributed by atoms with E-state index in [0.717, 1.165) is 18.2 Å². The van der Waals surface area contributed by atoms with Gasteiger partial charge in [-0.3, -0.25) is 14.5 Å². The van der Waals surface area contributed by atoms with Crippen LogP contribution in [0.15, 0.2) is 0 Å². The molecule has 0 aromatic rings. The van der Waals surface area contributed by atoms with Gasteiger partial charge in [0.1, 0.15) is 0 Å². The van der Waals surface area contributed by atoms with E-state index in [1.807, 2.05) is 13.8 Å². The van der Waals surface area contributed by atoms with E-state index in [4.69, 9.17) is 0 Å². The second-order valence-corrected chi connectivity index (χ2v) is 5.89. The van der Waals surface area contributed by atoms with Crippen LogP contribution >= 0.6 is 15.9 Å². The Bertz CT molecular complexity index is 299. The number of hydrogen-bond donors (Lipinski definition) is 0. The molecule has 0 aromatic carbocycles. The minimum absolute atomic E-state index is 0.0183. The summed E-state index contributed by atoms with van der Waals surface area (Å²) < 4.78 is 0. The van der Waals surface area contributed by atoms with Crippen molar-refractivity contribution >= 4 is 27.7 Å². The highest BCUT2D eigenvalue weighted by molar-refractivity contribution is 9.09. The van der Waals surface area contributed by atoms with Crippen molar-refractivity contribution in [1.29, 1.82) is 0 Å². The van der Waals surface area contributed by atoms with Gasteiger partial charge >= 0.3 is 0 Å². The molecule has 1 saturated carbocycles. The fraction of sp³-hybridized carbons (Fsp3) is 0.833. The maximum absolute atomic E-state index is 11.9. The molecule has 1 aliphatic carbocycles. The first-order valence-electron chi connectivity index (χ1n) is 5.92. The molecule has 16 heavy (non-hydrogen) atoms. The second kappa shape index (κ2) is 4.13. The maximum atomic E-state index is 11.9. The minimum atomic E-state index is -0.139. The Hall–Kier alpha value is -0.380. The van der Waals surface area contributed by atoms with Gasteiger partial charge in [-0.1, -0.05) is 36.2 Å². The number of likely N-dealkylation sites (tertiary alicyclic amines) is 1. The van der Waals surface area contributed by atoms with E-state index in [9.17, 15) is 9.59 Å². The molecular formula is C12H18BrNO2. The predicted octanol–water partition coefficient (Wildman–Crippen LogP) is 2.19. The Morgan fingerprint density at radius 3 is 2.06 bits per heavy atom. The quantitative estimate of drug-likeness (QED) is 0.589. The number of carbonyl (C=O) groups excluding carboxylic acids is 2. The predicted molar refractivity (Wildman–Crippen MR) is 65.1 cm³/mol. The van der Waals surface area contributed by atoms with Crippen LogP contribution < -0.4 is 0 Å². The number of rotatable bonds is 3. The summed E-state index contributed by atoms with van der Waals surface area (Å²) in [5.74, 6) is -0.241. The maximum Gasteiger partial charge on any atom is 0.232 e. The summed E-state index contributed by atoms with van der Waals surface area (Å²) in [6.45, 7) is 4.32. The molecule has 2 amide bonds. The van der Waals surface area contributed by atoms with Crippen molar-refractivity contribution in [2.75, 3.05) is 11.9 Å². The van der Waals surface area contributed by atoms with Crippen molar-refractivity contribution in [1.82, 2.24) is 4.90 Å². The first kappa shape index (κ1) is 12.1. The average Bonchev–Trinajstić information content (AvgIpc) is 2.40. The number of alkyl halides is 1. The van der Waals surface area contributed by atoms with Crippen molar-refractivity contribution in [3.05, 3.63) is 0 Å². The Labute approximate surface area is 105 Å². The average molecular weight is 288 g/mol. The zero-order valence-corrected chi connectivity index (χ0v) is 11.4. The third kappa shape index (κ3) is 1.71. The minimum Gasteiger partial charge on any atom is -0.282 e. The summed E-state index contributed by atoms with van der Waals surface area (Å²) >= 11 is 3.51. The topological polar surface area (TPSA) is 37.4 Å². The van der Waals surface area contributed by atoms with Crippen molar-refractivity contribution in [2.24, 2.45) is 17.3 Å². The van der Waals surface area contributed by atoms with Crippen LogP contribution in [0.3, 0.4) is 0 Å². The molecule has 2 aliphatic rings. The van der Waals surface area contributed by atoms with Gasteiger partial charge in [0.05, 0.1) is 0 Å². The van der Waals surface area contributed by atoms with Crippen molar-refractivity contribution < 1.29 is 9.59 Å². The summed E-state index contributed by atoms with van der Waals surface area (Å²) in [7, 11) is 0. The van der Waals surface area contributed by atoms with Crippen LogP contribution in [-0.2, 0) is 9.59 Å². The summed E-state index contributed by atoms with van der Waals surface area (Å²) in [4.78, 5) is 25.4. The van der Waals surface area contributed by atoms with Crippen molar-refractivity contribution in [3.63, 3.8) is 0 Å². The Morgan fingerprint density at radius 2 is 1.75 bits per heavy atom. The number of amides is 2. The van der Waals surface area contributed by atoms with E-state index in [2.05, 4.69) is 15.9 Å². The summed E-state index contributed by atoms with van der Waals surface area (Å²) in [6.07, 6.45) is 3.46. The zero-order chi connectivity index (χ0) is 11.9. The molecule has 90 valence electrons. The first-order chi connectivity index (χ1) is 7.51. The molecule has 2 rings (SSSR count). The lowest BCUT2D eigenvalue weighted by Crippen LogP contribution is -2.46. The molecule has 1 aliphatic heterocycles. The summed E-state index contributed by atoms with van der Waals surface area (Å²) in [5, 5.41) is 0.889. The summed E-state index contributed by atoms with van der Waals surface area (Å²) in [6, 6.07) is 0. The van der Waals surface area contributed by atoms with Gasteiger partial charge in [0.25, 0.3) is 0 Å². The first-order valence-corrected chi connectivity index (χ1v) is 7.04. The van der Waals surface area contributed by atoms with Crippen molar-refractivity contribution in [2.45, 2.75) is 33.1 Å². The van der Waals surface area contributed by atoms with E-state index in [1.54, 1.807) is 0 Å². The highest BCUT2D eigenvalue weighted by Gasteiger charge is 2.47. The lowest BCUT2D eigenvalue weighted by molar-refractivity contribution is -0.142. The highest BCUT2D eigenvalue weighted by atomic mass is 79.9. The molecule has 1 saturated heterocycles. The molecule has 2 fully saturated rings. The van der Waals surface area contributed by atoms with Gasteiger partial charge in [0.2, 0.25) is 11.8 Å². The monoisotopic (exact) mass is 287 g/mol. The van der Waals surface area contributed by atoms with Gasteiger partial charge in [-0.05, 0) is 18.3 Å². The summed E-state index contributed by atoms with van der Waals surface area (Å²) in [5.41, 5.74) is 0.162. The standard InChI is InChI=1S/C12H18BrNO2/c1-8-9(2)11(16)14(10(8)15)7-12(6-13)4-3-5-12/h8-9H,3-7H2,1-2H3. The Morgan fingerprint density at radius 1 is 1.25 bits per heavy atom. The number of imide groups is 1. The van der Waals surface area contributed by atoms with E-state index in [-0.39, 0.29) is 29.1 Å². The highest BCUT2D eigenvalue weighted by Crippen LogP contribution is 2.44. The van der Waals surface area contributed by atoms with Crippen LogP contribution in [0.2, 0.25) is 0 Å². The fourth-order valence-corrected chi connectivity index (χ4v) is 3.27. The third-order valence-electron chi connectivity index (χ3n) is 4.25. The molecule has 0 radical (unpaired) electrons. The van der Waals surface area contributed by atoms with Gasteiger partial charge in [-0.2, -0.15) is 0 Å². The van der Waals surface area contributed by atoms with Crippen LogP contribution in [0.4, 0.5) is 0 Å². The van der Waals surface area contributed by atoms with Gasteiger partial charge in [-0.25, -0.2) is 0 Å². The molecule has 2 unspecified atom stereocenters. The molecule has 4 heteroatoms. The normalized spacial score (nSPS) is 33.1. The number of carbonyl (C=O) groups is 2. The van der Waals surface area contributed by atoms with Gasteiger partial charge < -0.3 is 0 Å². The van der Waals surface area contributed by atoms with Gasteiger partial charge in [0.15, 0.2) is 0 Å². The third-order valence-corrected chi connectivity index (χ3v) is 5.44. The molecule has 0 bridgehead atoms. The molecule has 2 atom stereocenters. The number of nitrogens with zero attached hydrogens (tertiary/aromatic N) is 1. The lowest BCUT2D eigenvalue weighted by atomic mass is 9.70. The van der Waals surface area contributed by atoms with E-state index in [1.165, 1.54) is 11.3 Å². The fourth-order valence-electron chi connectivity index (χ4n) is 2.53. The van der Waals surface area contributed by atoms with Crippen LogP contribution in [0.1, 0.15) is 33.1 Å². The molecular weight excluding hydrogens is 270 g/mol. The van der Waals surface area contributed by atoms with E-state index in [0.29, 0.717) is 6.54 Å². The number of halogens is 1. The largest absolute Gasteiger partial charge is 0.282 e. The SMILES string of the molecule is CC1C(=O)N(CC2(CBr)CCC2)C(=O)C1C. The molecule has 1 heterocycles. The van der Waals surface area contributed by atoms with E-state index >= 15 is 0 Å². The van der Waals surface area contributed by atoms with Gasteiger partial charge in [-0.15, -0.1) is 0 Å². The smallest absolute Gasteiger partial charge is 0.232 e. The zero-order valence-electron chi connectivity index (χ0n) is 9.83. The van der Waals surface area contributed by atoms with Crippen LogP contribution in [-0.4, -0.2) is 28.6 Å². The molecule has 0 aromatic heterocycles. The van der Waals surface area contributed by atoms with Crippen molar-refractivity contribution in [3.8, 4) is 0 Å². The second-order valence-electron chi connectivity index (χ2n) is 5.33. The molecule has 0 N–H and O–H groups in total. The van der Waals surface area contributed by atoms with Gasteiger partial charge in [0, 0.05) is 23.7 Å². The molecule has 0 spiro atoms. The van der Waals surface area contributed by atoms with Crippen LogP contribution in [0, 0.1) is 17.3 Å². The molecule has 3 nitrogen and oxygen atoms in total. The lowest BCUT2D eigenvalue weighted by Gasteiger charge is -2.42. The van der Waals surface area contributed by atoms with Crippen LogP contribution in [0.5, 0.6) is 0 Å². The Balaban J connectivity index is 2.10. The van der Waals surface area contributed by atoms with E-state index < -0.39 is 0 Å². The number of hydrogen-bond acceptors (Lipinski definition) is 2.